The second kappa shape index (κ2) is 52.2. The first-order valence-electron chi connectivity index (χ1n) is 34.9. The molecule has 0 amide bonds. The van der Waals surface area contributed by atoms with Crippen molar-refractivity contribution in [3.63, 3.8) is 0 Å². The molecule has 0 saturated carbocycles. The van der Waals surface area contributed by atoms with Gasteiger partial charge in [-0.3, -0.25) is 24.0 Å². The fraction of sp³-hybridized carbons (Fsp3) is 0.236. The molecule has 570 valence electrons. The van der Waals surface area contributed by atoms with Gasteiger partial charge in [0.1, 0.15) is 80.6 Å². The molecule has 20 nitrogen and oxygen atoms in total. The lowest BCUT2D eigenvalue weighted by Crippen LogP contribution is -2.32. The molecule has 0 aromatic heterocycles. The average Bonchev–Trinajstić information content (AvgIpc) is 0.885. The summed E-state index contributed by atoms with van der Waals surface area (Å²) in [5.41, 5.74) is 5.14. The number of aldehydes is 5. The molecule has 0 heterocycles. The Labute approximate surface area is 637 Å². The van der Waals surface area contributed by atoms with Gasteiger partial charge < -0.3 is 47.4 Å². The van der Waals surface area contributed by atoms with Gasteiger partial charge in [0.15, 0.2) is 43.1 Å². The first-order chi connectivity index (χ1) is 52.8. The minimum absolute atomic E-state index is 0.114. The third kappa shape index (κ3) is 35.2. The van der Waals surface area contributed by atoms with E-state index in [9.17, 15) is 47.9 Å². The van der Waals surface area contributed by atoms with Gasteiger partial charge in [0, 0.05) is 36.0 Å². The van der Waals surface area contributed by atoms with Crippen molar-refractivity contribution >= 4 is 61.3 Å². The second-order valence-corrected chi connectivity index (χ2v) is 24.3. The van der Waals surface area contributed by atoms with Gasteiger partial charge in [0.25, 0.3) is 0 Å². The summed E-state index contributed by atoms with van der Waals surface area (Å²) in [6, 6.07) is 62.1. The smallest absolute Gasteiger partial charge is 0.347 e. The van der Waals surface area contributed by atoms with E-state index in [0.29, 0.717) is 101 Å². The van der Waals surface area contributed by atoms with Crippen LogP contribution in [0.25, 0.3) is 0 Å². The minimum Gasteiger partial charge on any atom is -0.479 e. The molecular formula is C89H94O20. The Balaban J connectivity index is 0.000000288. The van der Waals surface area contributed by atoms with Crippen LogP contribution in [0.1, 0.15) is 109 Å². The molecule has 0 aliphatic rings. The number of hydrogen-bond acceptors (Lipinski definition) is 20. The predicted molar refractivity (Wildman–Crippen MR) is 416 cm³/mol. The zero-order valence-corrected chi connectivity index (χ0v) is 61.8. The van der Waals surface area contributed by atoms with E-state index >= 15 is 0 Å². The highest BCUT2D eigenvalue weighted by Gasteiger charge is 2.28. The van der Waals surface area contributed by atoms with Gasteiger partial charge in [-0.2, -0.15) is 0 Å². The molecule has 8 aromatic carbocycles. The maximum atomic E-state index is 12.2. The average molecular weight is 1480 g/mol. The largest absolute Gasteiger partial charge is 0.479 e. The third-order valence-corrected chi connectivity index (χ3v) is 14.6. The number of hydrogen-bond donors (Lipinski definition) is 0. The Morgan fingerprint density at radius 2 is 0.541 bits per heavy atom. The van der Waals surface area contributed by atoms with E-state index in [1.807, 2.05) is 119 Å². The van der Waals surface area contributed by atoms with Gasteiger partial charge in [-0.05, 0) is 102 Å². The Morgan fingerprint density at radius 1 is 0.294 bits per heavy atom. The lowest BCUT2D eigenvalue weighted by molar-refractivity contribution is -0.152. The Kier molecular flexibility index (Phi) is 42.4. The van der Waals surface area contributed by atoms with Crippen molar-refractivity contribution in [2.45, 2.75) is 90.3 Å². The van der Waals surface area contributed by atoms with Crippen LogP contribution in [0, 0.1) is 11.8 Å². The summed E-state index contributed by atoms with van der Waals surface area (Å²) in [7, 11) is 0. The van der Waals surface area contributed by atoms with Crippen molar-refractivity contribution in [1.29, 1.82) is 0 Å². The highest BCUT2D eigenvalue weighted by Crippen LogP contribution is 2.25. The van der Waals surface area contributed by atoms with Crippen molar-refractivity contribution in [2.75, 3.05) is 33.0 Å². The van der Waals surface area contributed by atoms with Gasteiger partial charge >= 0.3 is 29.8 Å². The normalized spacial score (nSPS) is 11.5. The second-order valence-electron chi connectivity index (χ2n) is 24.3. The number of para-hydroxylation sites is 2. The van der Waals surface area contributed by atoms with Gasteiger partial charge in [-0.15, -0.1) is 0 Å². The minimum atomic E-state index is -0.835. The number of carbonyl (C=O) groups excluding carboxylic acids is 10. The van der Waals surface area contributed by atoms with E-state index < -0.39 is 60.4 Å². The van der Waals surface area contributed by atoms with Gasteiger partial charge in [-0.1, -0.05) is 243 Å². The number of carbonyl (C=O) groups is 10. The predicted octanol–water partition coefficient (Wildman–Crippen LogP) is 15.7. The highest BCUT2D eigenvalue weighted by atomic mass is 16.6. The maximum absolute atomic E-state index is 12.2. The van der Waals surface area contributed by atoms with Crippen LogP contribution >= 0.6 is 0 Å². The summed E-state index contributed by atoms with van der Waals surface area (Å²) in [5, 5.41) is 0. The first-order valence-corrected chi connectivity index (χ1v) is 34.9. The number of esters is 5. The summed E-state index contributed by atoms with van der Waals surface area (Å²) in [4.78, 5) is 115. The molecule has 0 aliphatic carbocycles. The van der Waals surface area contributed by atoms with Crippen molar-refractivity contribution in [2.24, 2.45) is 11.8 Å². The SMILES string of the molecule is C=CCOC(=O)[C@@H](CC(C)C)Oc1cccc(C=O)c1.C=CCOC(=O)[C@@H](CC(C)C)Oc1ccccc1C=O.C=CCOC(=O)[C@@H](Cc1ccccc1)Oc1cccc(C=O)c1.C=CCOC(=O)[C@@H](Cc1ccccc1)Oc1ccccc1C=O.C=CCOC(=O)[C@H](Cc1ccccc1)Oc1cccc(C=O)c1. The van der Waals surface area contributed by atoms with E-state index in [1.54, 1.807) is 121 Å². The molecule has 0 unspecified atom stereocenters. The van der Waals surface area contributed by atoms with Crippen LogP contribution in [0.2, 0.25) is 0 Å². The summed E-state index contributed by atoms with van der Waals surface area (Å²) in [6.07, 6.45) is 9.46. The molecule has 0 spiro atoms. The van der Waals surface area contributed by atoms with Crippen LogP contribution < -0.4 is 23.7 Å². The molecule has 0 N–H and O–H groups in total. The first kappa shape index (κ1) is 88.6. The molecule has 8 rings (SSSR count). The third-order valence-electron chi connectivity index (χ3n) is 14.6. The topological polar surface area (TPSA) is 263 Å². The van der Waals surface area contributed by atoms with Crippen LogP contribution in [0.15, 0.2) is 276 Å². The summed E-state index contributed by atoms with van der Waals surface area (Å²) >= 11 is 0. The van der Waals surface area contributed by atoms with Gasteiger partial charge in [-0.25, -0.2) is 24.0 Å². The molecule has 0 radical (unpaired) electrons. The zero-order valence-electron chi connectivity index (χ0n) is 61.8. The molecule has 20 heteroatoms. The standard InChI is InChI=1S/3C19H18O4.2C16H20O4/c1-2-12-22-19(21)18(13-15-8-4-3-5-9-15)23-17-11-7-6-10-16(17)14-20;2*1-2-11-22-19(21)18(13-15-7-4-3-5-8-15)23-17-10-6-9-16(12-17)14-20;1-4-9-19-16(18)15(10-12(2)3)20-14-8-6-5-7-13(14)11-17;1-4-8-19-16(18)15(9-12(2)3)20-14-7-5-6-13(10-14)11-17/h2-11,14,18H,1,12-13H2;2*2-10,12,14,18H,1,11,13H2;4-8,11-12,15H,1,9-10H2,2-3H3;4-7,10-12,15H,1,8-9H2,2-3H3/t3*18-;2*15-/m11011/s1. The Morgan fingerprint density at radius 3 is 0.817 bits per heavy atom. The molecule has 0 aliphatic heterocycles. The van der Waals surface area contributed by atoms with Gasteiger partial charge in [0.2, 0.25) is 0 Å². The van der Waals surface area contributed by atoms with Crippen molar-refractivity contribution in [3.8, 4) is 28.7 Å². The number of rotatable bonds is 40. The van der Waals surface area contributed by atoms with E-state index in [-0.39, 0.29) is 44.9 Å². The maximum Gasteiger partial charge on any atom is 0.347 e. The molecule has 5 atom stereocenters. The quantitative estimate of drug-likeness (QED) is 0.0149. The molecular weight excluding hydrogens is 1390 g/mol. The number of benzene rings is 8. The van der Waals surface area contributed by atoms with Crippen molar-refractivity contribution < 1.29 is 95.3 Å². The van der Waals surface area contributed by atoms with Crippen LogP contribution in [-0.4, -0.2) is 125 Å². The van der Waals surface area contributed by atoms with E-state index in [2.05, 4.69) is 32.9 Å². The molecule has 0 saturated heterocycles. The molecule has 109 heavy (non-hydrogen) atoms. The fourth-order valence-corrected chi connectivity index (χ4v) is 9.57. The van der Waals surface area contributed by atoms with Crippen molar-refractivity contribution in [3.05, 3.63) is 320 Å². The number of ether oxygens (including phenoxy) is 10. The highest BCUT2D eigenvalue weighted by molar-refractivity contribution is 5.83. The lowest BCUT2D eigenvalue weighted by Gasteiger charge is -2.20. The van der Waals surface area contributed by atoms with Crippen LogP contribution in [0.5, 0.6) is 28.7 Å². The molecule has 0 bridgehead atoms. The van der Waals surface area contributed by atoms with E-state index in [0.717, 1.165) is 35.5 Å². The summed E-state index contributed by atoms with van der Waals surface area (Å²) in [6.45, 7) is 26.2. The van der Waals surface area contributed by atoms with Crippen LogP contribution in [-0.2, 0) is 66.9 Å². The fourth-order valence-electron chi connectivity index (χ4n) is 9.57. The van der Waals surface area contributed by atoms with Crippen molar-refractivity contribution in [1.82, 2.24) is 0 Å². The van der Waals surface area contributed by atoms with Gasteiger partial charge in [0.05, 0.1) is 11.1 Å². The lowest BCUT2D eigenvalue weighted by atomic mass is 10.1. The molecule has 8 aromatic rings. The monoisotopic (exact) mass is 1480 g/mol. The molecule has 0 fully saturated rings. The zero-order chi connectivity index (χ0) is 79.4. The Hall–Kier alpha value is -12.8. The Bertz CT molecular complexity index is 4030. The van der Waals surface area contributed by atoms with E-state index in [4.69, 9.17) is 47.4 Å². The summed E-state index contributed by atoms with van der Waals surface area (Å²) in [5.74, 6) is 0.389. The summed E-state index contributed by atoms with van der Waals surface area (Å²) < 4.78 is 54.0. The van der Waals surface area contributed by atoms with Crippen LogP contribution in [0.3, 0.4) is 0 Å². The van der Waals surface area contributed by atoms with Crippen LogP contribution in [0.4, 0.5) is 0 Å². The van der Waals surface area contributed by atoms with E-state index in [1.165, 1.54) is 30.4 Å².